The van der Waals surface area contributed by atoms with Crippen molar-refractivity contribution in [3.8, 4) is 0 Å². The van der Waals surface area contributed by atoms with Crippen LogP contribution in [0.2, 0.25) is 0 Å². The Morgan fingerprint density at radius 1 is 1.30 bits per heavy atom. The van der Waals surface area contributed by atoms with E-state index in [0.717, 1.165) is 0 Å². The number of nitrogens with two attached hydrogens (primary N) is 1. The highest BCUT2D eigenvalue weighted by atomic mass is 16.4. The minimum Gasteiger partial charge on any atom is -0.440 e. The Morgan fingerprint density at radius 3 is 2.70 bits per heavy atom. The second-order valence-electron chi connectivity index (χ2n) is 4.36. The molecule has 0 spiro atoms. The van der Waals surface area contributed by atoms with Gasteiger partial charge < -0.3 is 15.1 Å². The molecule has 0 aliphatic rings. The van der Waals surface area contributed by atoms with Crippen LogP contribution >= 0.6 is 0 Å². The van der Waals surface area contributed by atoms with Crippen LogP contribution in [-0.2, 0) is 0 Å². The molecular formula is C14H16N4O2. The normalized spacial score (nSPS) is 10.7. The highest BCUT2D eigenvalue weighted by Gasteiger charge is 2.07. The minimum absolute atomic E-state index is 0.362. The quantitative estimate of drug-likeness (QED) is 0.504. The van der Waals surface area contributed by atoms with Crippen LogP contribution in [0.15, 0.2) is 45.9 Å². The number of para-hydroxylation sites is 1. The summed E-state index contributed by atoms with van der Waals surface area (Å²) in [7, 11) is 3.75. The summed E-state index contributed by atoms with van der Waals surface area (Å²) in [5, 5.41) is 3.84. The first-order chi connectivity index (χ1) is 9.58. The molecule has 2 rings (SSSR count). The van der Waals surface area contributed by atoms with Gasteiger partial charge in [0.15, 0.2) is 5.88 Å². The van der Waals surface area contributed by atoms with Crippen LogP contribution in [0.4, 0.5) is 11.6 Å². The third kappa shape index (κ3) is 3.17. The summed E-state index contributed by atoms with van der Waals surface area (Å²) in [6.45, 7) is 0. The van der Waals surface area contributed by atoms with E-state index in [2.05, 4.69) is 10.5 Å². The summed E-state index contributed by atoms with van der Waals surface area (Å²) in [4.78, 5) is 13.7. The average molecular weight is 272 g/mol. The van der Waals surface area contributed by atoms with Crippen LogP contribution in [0.25, 0.3) is 0 Å². The molecule has 6 heteroatoms. The van der Waals surface area contributed by atoms with E-state index in [-0.39, 0.29) is 5.91 Å². The fraction of sp³-hybridized carbons (Fsp3) is 0.143. The molecule has 0 radical (unpaired) electrons. The van der Waals surface area contributed by atoms with Gasteiger partial charge in [-0.2, -0.15) is 5.10 Å². The number of rotatable bonds is 4. The van der Waals surface area contributed by atoms with Crippen molar-refractivity contribution in [3.63, 3.8) is 0 Å². The standard InChI is InChI=1S/C14H16N4O2/c1-18(2)13-8-7-10(20-13)9-16-17-14(19)11-5-3-4-6-12(11)15/h3-9H,15H2,1-2H3,(H,17,19). The fourth-order valence-corrected chi connectivity index (χ4v) is 1.57. The van der Waals surface area contributed by atoms with Gasteiger partial charge >= 0.3 is 0 Å². The first-order valence-corrected chi connectivity index (χ1v) is 6.03. The number of carbonyl (C=O) groups excluding carboxylic acids is 1. The molecule has 0 bridgehead atoms. The van der Waals surface area contributed by atoms with Crippen molar-refractivity contribution < 1.29 is 9.21 Å². The van der Waals surface area contributed by atoms with Gasteiger partial charge in [-0.15, -0.1) is 0 Å². The lowest BCUT2D eigenvalue weighted by molar-refractivity contribution is 0.0956. The van der Waals surface area contributed by atoms with Crippen molar-refractivity contribution in [3.05, 3.63) is 47.7 Å². The summed E-state index contributed by atoms with van der Waals surface area (Å²) in [5.74, 6) is 0.902. The molecule has 0 saturated carbocycles. The Morgan fingerprint density at radius 2 is 2.05 bits per heavy atom. The Bertz CT molecular complexity index is 632. The predicted molar refractivity (Wildman–Crippen MR) is 78.9 cm³/mol. The van der Waals surface area contributed by atoms with E-state index in [1.165, 1.54) is 6.21 Å². The Labute approximate surface area is 116 Å². The largest absolute Gasteiger partial charge is 0.440 e. The van der Waals surface area contributed by atoms with Gasteiger partial charge in [0.1, 0.15) is 5.76 Å². The number of anilines is 2. The third-order valence-corrected chi connectivity index (χ3v) is 2.62. The molecule has 3 N–H and O–H groups in total. The number of amides is 1. The van der Waals surface area contributed by atoms with Crippen molar-refractivity contribution in [1.82, 2.24) is 5.43 Å². The van der Waals surface area contributed by atoms with Gasteiger partial charge in [0, 0.05) is 25.8 Å². The summed E-state index contributed by atoms with van der Waals surface area (Å²) in [6.07, 6.45) is 1.43. The molecule has 1 aromatic heterocycles. The summed E-state index contributed by atoms with van der Waals surface area (Å²) >= 11 is 0. The molecule has 0 fully saturated rings. The maximum absolute atomic E-state index is 11.8. The molecule has 1 aromatic carbocycles. The summed E-state index contributed by atoms with van der Waals surface area (Å²) in [5.41, 5.74) is 8.91. The molecule has 0 saturated heterocycles. The number of hydrogen-bond acceptors (Lipinski definition) is 5. The summed E-state index contributed by atoms with van der Waals surface area (Å²) < 4.78 is 5.46. The highest BCUT2D eigenvalue weighted by Crippen LogP contribution is 2.14. The van der Waals surface area contributed by atoms with Crippen LogP contribution in [0, 0.1) is 0 Å². The molecule has 1 amide bonds. The minimum atomic E-state index is -0.362. The zero-order valence-corrected chi connectivity index (χ0v) is 11.3. The van der Waals surface area contributed by atoms with Crippen molar-refractivity contribution in [2.24, 2.45) is 5.10 Å². The number of benzene rings is 1. The second kappa shape index (κ2) is 5.92. The Balaban J connectivity index is 1.99. The van der Waals surface area contributed by atoms with Gasteiger partial charge in [0.2, 0.25) is 0 Å². The number of carbonyl (C=O) groups is 1. The predicted octanol–water partition coefficient (Wildman–Crippen LogP) is 1.69. The smallest absolute Gasteiger partial charge is 0.273 e. The first kappa shape index (κ1) is 13.7. The monoisotopic (exact) mass is 272 g/mol. The number of hydrogen-bond donors (Lipinski definition) is 2. The number of hydrazone groups is 1. The molecule has 0 atom stereocenters. The van der Waals surface area contributed by atoms with Crippen molar-refractivity contribution in [1.29, 1.82) is 0 Å². The summed E-state index contributed by atoms with van der Waals surface area (Å²) in [6, 6.07) is 10.4. The Hall–Kier alpha value is -2.76. The molecule has 6 nitrogen and oxygen atoms in total. The van der Waals surface area contributed by atoms with Crippen LogP contribution in [0.1, 0.15) is 16.1 Å². The number of nitrogen functional groups attached to an aromatic ring is 1. The lowest BCUT2D eigenvalue weighted by Crippen LogP contribution is -2.18. The third-order valence-electron chi connectivity index (χ3n) is 2.62. The maximum Gasteiger partial charge on any atom is 0.273 e. The van der Waals surface area contributed by atoms with E-state index in [0.29, 0.717) is 22.9 Å². The number of nitrogens with one attached hydrogen (secondary N) is 1. The van der Waals surface area contributed by atoms with Gasteiger partial charge in [-0.1, -0.05) is 12.1 Å². The van der Waals surface area contributed by atoms with E-state index in [1.54, 1.807) is 30.3 Å². The first-order valence-electron chi connectivity index (χ1n) is 6.03. The van der Waals surface area contributed by atoms with Crippen LogP contribution in [-0.4, -0.2) is 26.2 Å². The lowest BCUT2D eigenvalue weighted by Gasteiger charge is -2.05. The van der Waals surface area contributed by atoms with E-state index in [4.69, 9.17) is 10.2 Å². The van der Waals surface area contributed by atoms with E-state index in [1.807, 2.05) is 25.1 Å². The average Bonchev–Trinajstić information content (AvgIpc) is 2.88. The van der Waals surface area contributed by atoms with Gasteiger partial charge in [0.05, 0.1) is 11.8 Å². The van der Waals surface area contributed by atoms with Crippen LogP contribution in [0.3, 0.4) is 0 Å². The zero-order chi connectivity index (χ0) is 14.5. The lowest BCUT2D eigenvalue weighted by atomic mass is 10.2. The molecule has 1 heterocycles. The maximum atomic E-state index is 11.8. The van der Waals surface area contributed by atoms with Gasteiger partial charge in [0.25, 0.3) is 5.91 Å². The molecule has 2 aromatic rings. The zero-order valence-electron chi connectivity index (χ0n) is 11.3. The van der Waals surface area contributed by atoms with Crippen molar-refractivity contribution in [2.75, 3.05) is 24.7 Å². The molecule has 0 unspecified atom stereocenters. The van der Waals surface area contributed by atoms with Crippen LogP contribution < -0.4 is 16.1 Å². The molecule has 104 valence electrons. The van der Waals surface area contributed by atoms with E-state index < -0.39 is 0 Å². The second-order valence-corrected chi connectivity index (χ2v) is 4.36. The number of nitrogens with zero attached hydrogens (tertiary/aromatic N) is 2. The van der Waals surface area contributed by atoms with Gasteiger partial charge in [-0.25, -0.2) is 5.43 Å². The fourth-order valence-electron chi connectivity index (χ4n) is 1.57. The van der Waals surface area contributed by atoms with Gasteiger partial charge in [-0.3, -0.25) is 4.79 Å². The van der Waals surface area contributed by atoms with Crippen molar-refractivity contribution >= 4 is 23.7 Å². The topological polar surface area (TPSA) is 83.9 Å². The highest BCUT2D eigenvalue weighted by molar-refractivity contribution is 5.99. The molecule has 20 heavy (non-hydrogen) atoms. The molecule has 0 aliphatic heterocycles. The SMILES string of the molecule is CN(C)c1ccc(C=NNC(=O)c2ccccc2N)o1. The van der Waals surface area contributed by atoms with E-state index >= 15 is 0 Å². The molecular weight excluding hydrogens is 256 g/mol. The van der Waals surface area contributed by atoms with Crippen molar-refractivity contribution in [2.45, 2.75) is 0 Å². The van der Waals surface area contributed by atoms with Crippen LogP contribution in [0.5, 0.6) is 0 Å². The number of furan rings is 1. The Kier molecular flexibility index (Phi) is 4.05. The molecule has 0 aliphatic carbocycles. The van der Waals surface area contributed by atoms with Gasteiger partial charge in [-0.05, 0) is 18.2 Å². The van der Waals surface area contributed by atoms with E-state index in [9.17, 15) is 4.79 Å².